The van der Waals surface area contributed by atoms with Crippen molar-refractivity contribution >= 4 is 0 Å². The van der Waals surface area contributed by atoms with Gasteiger partial charge in [-0.15, -0.1) is 0 Å². The Morgan fingerprint density at radius 1 is 1.17 bits per heavy atom. The number of benzene rings is 1. The third-order valence-electron chi connectivity index (χ3n) is 3.39. The number of rotatable bonds is 4. The molecule has 2 nitrogen and oxygen atoms in total. The zero-order valence-electron chi connectivity index (χ0n) is 10.4. The van der Waals surface area contributed by atoms with E-state index in [2.05, 4.69) is 4.90 Å². The molecule has 0 radical (unpaired) electrons. The van der Waals surface area contributed by atoms with E-state index < -0.39 is 5.92 Å². The molecule has 1 N–H and O–H groups in total. The summed E-state index contributed by atoms with van der Waals surface area (Å²) < 4.78 is 26.1. The van der Waals surface area contributed by atoms with Crippen molar-refractivity contribution in [1.82, 2.24) is 4.90 Å². The van der Waals surface area contributed by atoms with Crippen LogP contribution in [-0.4, -0.2) is 35.6 Å². The fourth-order valence-electron chi connectivity index (χ4n) is 2.31. The maximum absolute atomic E-state index is 13.0. The van der Waals surface area contributed by atoms with Crippen LogP contribution in [0.3, 0.4) is 0 Å². The lowest BCUT2D eigenvalue weighted by Gasteiger charge is -2.31. The van der Waals surface area contributed by atoms with Crippen molar-refractivity contribution in [3.8, 4) is 0 Å². The van der Waals surface area contributed by atoms with Gasteiger partial charge >= 0.3 is 0 Å². The van der Waals surface area contributed by atoms with Crippen molar-refractivity contribution in [2.24, 2.45) is 0 Å². The summed E-state index contributed by atoms with van der Waals surface area (Å²) in [4.78, 5) is 2.06. The van der Waals surface area contributed by atoms with Gasteiger partial charge in [0, 0.05) is 39.1 Å². The molecule has 0 saturated carbocycles. The Hall–Kier alpha value is -1.00. The van der Waals surface area contributed by atoms with Crippen LogP contribution in [0.15, 0.2) is 24.3 Å². The van der Waals surface area contributed by atoms with E-state index in [1.54, 1.807) is 0 Å². The number of hydrogen-bond donors (Lipinski definition) is 1. The maximum atomic E-state index is 13.0. The normalized spacial score (nSPS) is 19.9. The van der Waals surface area contributed by atoms with E-state index in [1.165, 1.54) is 0 Å². The predicted octanol–water partition coefficient (Wildman–Crippen LogP) is 2.45. The Labute approximate surface area is 106 Å². The number of alkyl halides is 2. The summed E-state index contributed by atoms with van der Waals surface area (Å²) in [5.41, 5.74) is 2.23. The molecule has 0 aliphatic carbocycles. The summed E-state index contributed by atoms with van der Waals surface area (Å²) in [6, 6.07) is 7.99. The van der Waals surface area contributed by atoms with Crippen LogP contribution in [0.2, 0.25) is 0 Å². The van der Waals surface area contributed by atoms with Gasteiger partial charge in [-0.3, -0.25) is 4.90 Å². The van der Waals surface area contributed by atoms with Crippen LogP contribution in [-0.2, 0) is 13.0 Å². The van der Waals surface area contributed by atoms with Crippen molar-refractivity contribution in [1.29, 1.82) is 0 Å². The minimum atomic E-state index is -2.48. The van der Waals surface area contributed by atoms with Crippen LogP contribution in [0, 0.1) is 0 Å². The summed E-state index contributed by atoms with van der Waals surface area (Å²) in [6.45, 7) is 1.77. The Morgan fingerprint density at radius 2 is 1.83 bits per heavy atom. The molecule has 2 rings (SSSR count). The van der Waals surface area contributed by atoms with Gasteiger partial charge in [0.05, 0.1) is 0 Å². The molecular weight excluding hydrogens is 236 g/mol. The zero-order valence-corrected chi connectivity index (χ0v) is 10.4. The van der Waals surface area contributed by atoms with Gasteiger partial charge in [0.25, 0.3) is 5.92 Å². The minimum Gasteiger partial charge on any atom is -0.396 e. The summed E-state index contributed by atoms with van der Waals surface area (Å²) in [5, 5.41) is 8.90. The van der Waals surface area contributed by atoms with Gasteiger partial charge in [-0.1, -0.05) is 24.3 Å². The average molecular weight is 255 g/mol. The lowest BCUT2D eigenvalue weighted by atomic mass is 10.0. The van der Waals surface area contributed by atoms with Gasteiger partial charge in [0.1, 0.15) is 0 Å². The highest BCUT2D eigenvalue weighted by Crippen LogP contribution is 2.28. The fraction of sp³-hybridized carbons (Fsp3) is 0.571. The smallest absolute Gasteiger partial charge is 0.250 e. The van der Waals surface area contributed by atoms with Crippen LogP contribution >= 0.6 is 0 Å². The number of halogens is 2. The average Bonchev–Trinajstić information content (AvgIpc) is 2.33. The highest BCUT2D eigenvalue weighted by atomic mass is 19.3. The molecule has 1 aromatic carbocycles. The highest BCUT2D eigenvalue weighted by Gasteiger charge is 2.33. The first-order chi connectivity index (χ1) is 8.59. The first-order valence-corrected chi connectivity index (χ1v) is 6.38. The predicted molar refractivity (Wildman–Crippen MR) is 66.7 cm³/mol. The van der Waals surface area contributed by atoms with Gasteiger partial charge in [-0.05, 0) is 17.5 Å². The molecule has 1 aromatic rings. The Morgan fingerprint density at radius 3 is 2.50 bits per heavy atom. The standard InChI is InChI=1S/C14H19F2NO/c15-14(16)5-7-17(8-6-14)11-13-3-1-2-12(10-13)4-9-18/h1-3,10,18H,4-9,11H2. The van der Waals surface area contributed by atoms with E-state index in [0.29, 0.717) is 19.5 Å². The van der Waals surface area contributed by atoms with Crippen molar-refractivity contribution in [2.75, 3.05) is 19.7 Å². The molecule has 0 amide bonds. The lowest BCUT2D eigenvalue weighted by molar-refractivity contribution is -0.0566. The SMILES string of the molecule is OCCc1cccc(CN2CCC(F)(F)CC2)c1. The Bertz CT molecular complexity index is 385. The lowest BCUT2D eigenvalue weighted by Crippen LogP contribution is -2.38. The molecule has 100 valence electrons. The van der Waals surface area contributed by atoms with Gasteiger partial charge < -0.3 is 5.11 Å². The second-order valence-electron chi connectivity index (χ2n) is 4.93. The van der Waals surface area contributed by atoms with Crippen LogP contribution in [0.1, 0.15) is 24.0 Å². The van der Waals surface area contributed by atoms with Crippen LogP contribution < -0.4 is 0 Å². The fourth-order valence-corrected chi connectivity index (χ4v) is 2.31. The number of hydrogen-bond acceptors (Lipinski definition) is 2. The number of nitrogens with zero attached hydrogens (tertiary/aromatic N) is 1. The largest absolute Gasteiger partial charge is 0.396 e. The van der Waals surface area contributed by atoms with Gasteiger partial charge in [0.15, 0.2) is 0 Å². The summed E-state index contributed by atoms with van der Waals surface area (Å²) >= 11 is 0. The topological polar surface area (TPSA) is 23.5 Å². The quantitative estimate of drug-likeness (QED) is 0.893. The molecule has 1 aliphatic heterocycles. The van der Waals surface area contributed by atoms with Gasteiger partial charge in [-0.25, -0.2) is 8.78 Å². The first kappa shape index (κ1) is 13.4. The molecule has 1 fully saturated rings. The van der Waals surface area contributed by atoms with E-state index >= 15 is 0 Å². The molecule has 1 aliphatic rings. The van der Waals surface area contributed by atoms with Gasteiger partial charge in [0.2, 0.25) is 0 Å². The highest BCUT2D eigenvalue weighted by molar-refractivity contribution is 5.23. The van der Waals surface area contributed by atoms with Crippen LogP contribution in [0.4, 0.5) is 8.78 Å². The van der Waals surface area contributed by atoms with Crippen molar-refractivity contribution < 1.29 is 13.9 Å². The first-order valence-electron chi connectivity index (χ1n) is 6.38. The molecule has 18 heavy (non-hydrogen) atoms. The van der Waals surface area contributed by atoms with E-state index in [9.17, 15) is 8.78 Å². The van der Waals surface area contributed by atoms with Crippen molar-refractivity contribution in [3.05, 3.63) is 35.4 Å². The Kier molecular flexibility index (Phi) is 4.30. The molecule has 0 unspecified atom stereocenters. The van der Waals surface area contributed by atoms with E-state index in [1.807, 2.05) is 24.3 Å². The summed E-state index contributed by atoms with van der Waals surface area (Å²) in [6.07, 6.45) is 0.568. The molecule has 0 spiro atoms. The summed E-state index contributed by atoms with van der Waals surface area (Å²) in [7, 11) is 0. The van der Waals surface area contributed by atoms with Crippen molar-refractivity contribution in [3.63, 3.8) is 0 Å². The molecule has 0 bridgehead atoms. The molecule has 1 heterocycles. The maximum Gasteiger partial charge on any atom is 0.250 e. The third-order valence-corrected chi connectivity index (χ3v) is 3.39. The number of aliphatic hydroxyl groups excluding tert-OH is 1. The van der Waals surface area contributed by atoms with Gasteiger partial charge in [-0.2, -0.15) is 0 Å². The minimum absolute atomic E-state index is 0.0384. The van der Waals surface area contributed by atoms with E-state index in [0.717, 1.165) is 17.7 Å². The molecule has 1 saturated heterocycles. The third kappa shape index (κ3) is 3.75. The second kappa shape index (κ2) is 5.76. The molecule has 0 aromatic heterocycles. The molecular formula is C14H19F2NO. The molecule has 0 atom stereocenters. The zero-order chi connectivity index (χ0) is 13.0. The van der Waals surface area contributed by atoms with Crippen LogP contribution in [0.25, 0.3) is 0 Å². The number of aliphatic hydroxyl groups is 1. The number of piperidine rings is 1. The summed E-state index contributed by atoms with van der Waals surface area (Å²) in [5.74, 6) is -2.48. The number of likely N-dealkylation sites (tertiary alicyclic amines) is 1. The van der Waals surface area contributed by atoms with Crippen LogP contribution in [0.5, 0.6) is 0 Å². The van der Waals surface area contributed by atoms with Crippen molar-refractivity contribution in [2.45, 2.75) is 31.7 Å². The van der Waals surface area contributed by atoms with E-state index in [-0.39, 0.29) is 19.4 Å². The second-order valence-corrected chi connectivity index (χ2v) is 4.93. The Balaban J connectivity index is 1.91. The van der Waals surface area contributed by atoms with E-state index in [4.69, 9.17) is 5.11 Å². The monoisotopic (exact) mass is 255 g/mol. The molecule has 4 heteroatoms.